The van der Waals surface area contributed by atoms with Gasteiger partial charge in [0.25, 0.3) is 0 Å². The number of hydrogen-bond donors (Lipinski definition) is 30. The minimum absolute atomic E-state index is 0.243. The van der Waals surface area contributed by atoms with Gasteiger partial charge in [0.1, 0.15) is 219 Å². The van der Waals surface area contributed by atoms with E-state index in [2.05, 4.69) is 26.3 Å². The van der Waals surface area contributed by atoms with Gasteiger partial charge in [0.05, 0.1) is 65.5 Å². The first-order valence-corrected chi connectivity index (χ1v) is 36.6. The Labute approximate surface area is 652 Å². The fourth-order valence-corrected chi connectivity index (χ4v) is 14.2. The van der Waals surface area contributed by atoms with Crippen LogP contribution in [0.5, 0.6) is 0 Å². The Morgan fingerprint density at radius 3 is 1.19 bits per heavy atom. The summed E-state index contributed by atoms with van der Waals surface area (Å²) in [6.45, 7) is -7.28. The Balaban J connectivity index is 1.06. The molecule has 8 aliphatic heterocycles. The van der Waals surface area contributed by atoms with Crippen molar-refractivity contribution in [1.82, 2.24) is 20.9 Å². The zero-order valence-electron chi connectivity index (χ0n) is 61.6. The molecule has 0 bridgehead atoms. The van der Waals surface area contributed by atoms with E-state index >= 15 is 0 Å². The molecule has 0 aliphatic carbocycles. The van der Waals surface area contributed by atoms with Crippen molar-refractivity contribution >= 4 is 23.5 Å². The summed E-state index contributed by atoms with van der Waals surface area (Å²) in [5, 5.41) is 299. The third-order valence-corrected chi connectivity index (χ3v) is 20.6. The molecule has 115 heavy (non-hydrogen) atoms. The van der Waals surface area contributed by atoms with E-state index in [4.69, 9.17) is 75.8 Å². The van der Waals surface area contributed by atoms with Crippen LogP contribution in [0, 0.1) is 0 Å². The molecule has 3 amide bonds. The Hall–Kier alpha value is -4.32. The van der Waals surface area contributed by atoms with Crippen molar-refractivity contribution in [3.8, 4) is 0 Å². The highest BCUT2D eigenvalue weighted by molar-refractivity contribution is 5.74. The van der Waals surface area contributed by atoms with E-state index in [-0.39, 0.29) is 12.4 Å². The zero-order valence-corrected chi connectivity index (χ0v) is 61.6. The van der Waals surface area contributed by atoms with Gasteiger partial charge in [-0.15, -0.1) is 0 Å². The monoisotopic (exact) mass is 1680 g/mol. The van der Waals surface area contributed by atoms with Crippen molar-refractivity contribution in [3.63, 3.8) is 0 Å². The van der Waals surface area contributed by atoms with Crippen LogP contribution in [-0.2, 0) is 90.2 Å². The van der Waals surface area contributed by atoms with Gasteiger partial charge in [-0.1, -0.05) is 6.07 Å². The number of carbonyl (C=O) groups excluding carboxylic acids is 3. The molecule has 0 spiro atoms. The number of rotatable bonds is 34. The molecule has 8 saturated heterocycles. The van der Waals surface area contributed by atoms with Crippen LogP contribution in [0.1, 0.15) is 20.8 Å². The van der Waals surface area contributed by atoms with E-state index in [9.17, 15) is 147 Å². The van der Waals surface area contributed by atoms with Crippen LogP contribution in [0.4, 0.5) is 5.82 Å². The van der Waals surface area contributed by atoms with Gasteiger partial charge in [-0.2, -0.15) is 0 Å². The number of carbonyl (C=O) groups is 3. The fraction of sp³-hybridized carbons (Fsp3) is 0.877. The van der Waals surface area contributed by atoms with Gasteiger partial charge in [-0.25, -0.2) is 4.98 Å². The van der Waals surface area contributed by atoms with Gasteiger partial charge in [0.15, 0.2) is 50.3 Å². The third kappa shape index (κ3) is 22.0. The maximum atomic E-state index is 13.1. The summed E-state index contributed by atoms with van der Waals surface area (Å²) < 4.78 is 94.4. The van der Waals surface area contributed by atoms with Crippen LogP contribution in [0.25, 0.3) is 0 Å². The number of ether oxygens (including phenoxy) is 16. The molecule has 9 rings (SSSR count). The number of nitrogens with zero attached hydrogens (tertiary/aromatic N) is 1. The Morgan fingerprint density at radius 1 is 0.383 bits per heavy atom. The van der Waals surface area contributed by atoms with Crippen LogP contribution < -0.4 is 21.3 Å². The number of aliphatic hydroxyl groups excluding tert-OH is 26. The van der Waals surface area contributed by atoms with Crippen molar-refractivity contribution in [2.24, 2.45) is 0 Å². The van der Waals surface area contributed by atoms with Gasteiger partial charge in [0.2, 0.25) is 17.7 Å². The number of hydrogen-bond acceptors (Lipinski definition) is 47. The van der Waals surface area contributed by atoms with E-state index in [0.29, 0.717) is 0 Å². The quantitative estimate of drug-likeness (QED) is 0.0305. The van der Waals surface area contributed by atoms with E-state index in [1.165, 1.54) is 12.3 Å². The Morgan fingerprint density at radius 2 is 0.748 bits per heavy atom. The van der Waals surface area contributed by atoms with Crippen LogP contribution in [-0.4, -0.2) is 491 Å². The topological polar surface area (TPSA) is 786 Å². The highest BCUT2D eigenvalue weighted by Gasteiger charge is 2.60. The molecule has 662 valence electrons. The van der Waals surface area contributed by atoms with Gasteiger partial charge in [-0.05, 0) is 12.1 Å². The van der Waals surface area contributed by atoms with Gasteiger partial charge in [0, 0.05) is 33.5 Å². The van der Waals surface area contributed by atoms with Crippen molar-refractivity contribution in [1.29, 1.82) is 0 Å². The number of pyridine rings is 1. The zero-order chi connectivity index (χ0) is 84.5. The summed E-state index contributed by atoms with van der Waals surface area (Å²) in [5.41, 5.74) is 0. The molecule has 1 aromatic heterocycles. The predicted molar refractivity (Wildman–Crippen MR) is 360 cm³/mol. The predicted octanol–water partition coefficient (Wildman–Crippen LogP) is -19.0. The molecule has 50 nitrogen and oxygen atoms in total. The van der Waals surface area contributed by atoms with Crippen LogP contribution in [0.3, 0.4) is 0 Å². The number of amides is 3. The van der Waals surface area contributed by atoms with Crippen molar-refractivity contribution in [2.45, 2.75) is 291 Å². The minimum Gasteiger partial charge on any atom is -0.394 e. The van der Waals surface area contributed by atoms with E-state index in [0.717, 1.165) is 20.8 Å². The molecule has 0 unspecified atom stereocenters. The lowest BCUT2D eigenvalue weighted by molar-refractivity contribution is -0.398. The second kappa shape index (κ2) is 42.5. The fourth-order valence-electron chi connectivity index (χ4n) is 14.2. The molecule has 9 heterocycles. The average molecular weight is 1680 g/mol. The summed E-state index contributed by atoms with van der Waals surface area (Å²) >= 11 is 0. The SMILES string of the molecule is CC(=O)N[C@H]1[C@H](O[C@@H]([C@H](O)[C@H](CNc2ccccn2)NC(C)=O)[C@H](O)CO)O[C@H](CO)[C@@H](O[C@@H]2O[C@H](CO[C@H]3O[C@H](CO[C@H]4O[C@H](CO)[C@@H](O)[C@H](O)[C@@H]4O)[C@@H](O)[C@H](O[C@H]4O[C@H](CO)[C@@H](O)[C@H](O)[C@@H]4O)[C@@H]3O)[C@@H](O)[C@H](O[C@H]3O[C@H](CO)[C@@H](O)[C@H](O)[C@@H]3O[C@@H]3O[C@H](CO)[C@@H](O[C@@H]4O[C@H](CO)[C@H](O)[C@H](O)[C@H]4O)[C@H](O)[C@H]3NC(C)=O)[C@@H]2O)[C@@H]1O. The second-order valence-electron chi connectivity index (χ2n) is 28.6. The molecule has 0 saturated carbocycles. The van der Waals surface area contributed by atoms with Crippen molar-refractivity contribution < 1.29 is 223 Å². The summed E-state index contributed by atoms with van der Waals surface area (Å²) in [5.74, 6) is -2.41. The smallest absolute Gasteiger partial charge is 0.217 e. The van der Waals surface area contributed by atoms with Crippen LogP contribution in [0.2, 0.25) is 0 Å². The molecular weight excluding hydrogens is 1570 g/mol. The van der Waals surface area contributed by atoms with Crippen LogP contribution in [0.15, 0.2) is 24.4 Å². The van der Waals surface area contributed by atoms with E-state index in [1.807, 2.05) is 0 Å². The summed E-state index contributed by atoms with van der Waals surface area (Å²) in [6.07, 6.45) is -85.4. The third-order valence-electron chi connectivity index (χ3n) is 20.6. The second-order valence-corrected chi connectivity index (χ2v) is 28.6. The number of nitrogens with one attached hydrogen (secondary N) is 4. The normalized spacial score (nSPS) is 45.1. The first-order chi connectivity index (χ1) is 54.6. The number of aromatic nitrogens is 1. The highest BCUT2D eigenvalue weighted by Crippen LogP contribution is 2.39. The number of aliphatic hydroxyl groups is 26. The maximum absolute atomic E-state index is 13.1. The maximum Gasteiger partial charge on any atom is 0.217 e. The van der Waals surface area contributed by atoms with Crippen molar-refractivity contribution in [2.75, 3.05) is 71.3 Å². The molecule has 0 aromatic carbocycles. The van der Waals surface area contributed by atoms with Gasteiger partial charge in [-0.3, -0.25) is 14.4 Å². The molecule has 1 aromatic rings. The summed E-state index contributed by atoms with van der Waals surface area (Å²) in [6, 6.07) is -0.632. The molecule has 0 radical (unpaired) electrons. The number of anilines is 1. The minimum atomic E-state index is -2.60. The van der Waals surface area contributed by atoms with Gasteiger partial charge >= 0.3 is 0 Å². The molecule has 8 aliphatic rings. The van der Waals surface area contributed by atoms with Crippen molar-refractivity contribution in [3.05, 3.63) is 24.4 Å². The summed E-state index contributed by atoms with van der Waals surface area (Å²) in [7, 11) is 0. The molecular formula is C65H107N5O45. The highest BCUT2D eigenvalue weighted by atomic mass is 16.8. The average Bonchev–Trinajstić information content (AvgIpc) is 0.776. The first kappa shape index (κ1) is 94.5. The molecule has 8 fully saturated rings. The largest absolute Gasteiger partial charge is 0.394 e. The van der Waals surface area contributed by atoms with E-state index in [1.54, 1.807) is 12.1 Å². The molecule has 50 heteroatoms. The molecule has 44 atom stereocenters. The lowest BCUT2D eigenvalue weighted by atomic mass is 9.94. The first-order valence-electron chi connectivity index (χ1n) is 36.6. The van der Waals surface area contributed by atoms with E-state index < -0.39 is 347 Å². The Kier molecular flexibility index (Phi) is 34.9. The lowest BCUT2D eigenvalue weighted by Gasteiger charge is -2.51. The Bertz CT molecular complexity index is 3130. The van der Waals surface area contributed by atoms with Gasteiger partial charge < -0.3 is 230 Å². The lowest BCUT2D eigenvalue weighted by Crippen LogP contribution is -2.70. The standard InChI is InChI=1S/C65H107N5O45/c1-18(78)68-21(8-67-31-6-4-5-7-66-31)34(82)52(22(81)9-71)110-58-32(69-19(2)79)41(89)54(28(15-77)106-58)112-64-51(99)56(114-65-57(46(94)38(86)26(13-75)105-65)115-59-33(70-20(3)80)42(90)53(27(14-76)107-59)111-62-48(96)44(92)36(84)24(11-73)103-62)40(88)30(109-64)17-101-61-50(98)55(113-63-49(97)45(93)37(85)25(12-74)104-63)39(87)29(108-61)16-100-60-47(95)43(91)35(83)23(10-72)102-60/h4-7,21-30,32-65,71-77,81-99H,8-17H2,1-3H3,(H,66,67)(H,68,78)(H,69,79)(H,70,80)/t21-,22+,23+,24+,25+,26+,27+,28+,29+,30+,32+,33+,34+,35+,36-,37+,38+,39+,40+,41+,42+,43-,44-,45-,46-,47-,48+,49-,50-,51-,52+,53+,54+,55-,56-,57-,58-,59-,60-,61-,62-,63+,64-,65+/m0/s1. The molecule has 30 N–H and O–H groups in total. The van der Waals surface area contributed by atoms with Crippen LogP contribution >= 0.6 is 0 Å². The summed E-state index contributed by atoms with van der Waals surface area (Å²) in [4.78, 5) is 42.8.